The molecule has 1 fully saturated rings. The van der Waals surface area contributed by atoms with Crippen molar-refractivity contribution in [3.05, 3.63) is 35.9 Å². The van der Waals surface area contributed by atoms with Crippen LogP contribution in [0.25, 0.3) is 0 Å². The molecule has 0 bridgehead atoms. The SMILES string of the molecule is CC(CCC1CCCO1)C(Br)c1ccccc1. The lowest BCUT2D eigenvalue weighted by atomic mass is 9.94. The van der Waals surface area contributed by atoms with E-state index in [0.717, 1.165) is 6.61 Å². The van der Waals surface area contributed by atoms with Gasteiger partial charge in [0.1, 0.15) is 0 Å². The van der Waals surface area contributed by atoms with Crippen LogP contribution in [0.2, 0.25) is 0 Å². The Balaban J connectivity index is 1.80. The first kappa shape index (κ1) is 13.1. The molecule has 2 heteroatoms. The molecule has 1 aromatic carbocycles. The molecule has 1 aliphatic heterocycles. The van der Waals surface area contributed by atoms with Gasteiger partial charge in [-0.05, 0) is 37.2 Å². The number of benzene rings is 1. The molecule has 94 valence electrons. The second kappa shape index (κ2) is 6.55. The van der Waals surface area contributed by atoms with Crippen molar-refractivity contribution in [2.75, 3.05) is 6.61 Å². The fourth-order valence-electron chi connectivity index (χ4n) is 2.43. The molecule has 0 amide bonds. The molecule has 3 unspecified atom stereocenters. The van der Waals surface area contributed by atoms with Gasteiger partial charge in [-0.1, -0.05) is 53.2 Å². The van der Waals surface area contributed by atoms with Crippen LogP contribution >= 0.6 is 15.9 Å². The Morgan fingerprint density at radius 2 is 2.12 bits per heavy atom. The van der Waals surface area contributed by atoms with Crippen LogP contribution in [0.1, 0.15) is 43.0 Å². The highest BCUT2D eigenvalue weighted by Crippen LogP contribution is 2.34. The largest absolute Gasteiger partial charge is 0.378 e. The van der Waals surface area contributed by atoms with Gasteiger partial charge in [-0.15, -0.1) is 0 Å². The summed E-state index contributed by atoms with van der Waals surface area (Å²) in [6.45, 7) is 3.29. The van der Waals surface area contributed by atoms with Crippen molar-refractivity contribution in [2.45, 2.75) is 43.5 Å². The van der Waals surface area contributed by atoms with E-state index in [0.29, 0.717) is 16.8 Å². The van der Waals surface area contributed by atoms with Crippen LogP contribution in [0, 0.1) is 5.92 Å². The van der Waals surface area contributed by atoms with Gasteiger partial charge in [0.15, 0.2) is 0 Å². The van der Waals surface area contributed by atoms with E-state index < -0.39 is 0 Å². The molecule has 0 aliphatic carbocycles. The van der Waals surface area contributed by atoms with E-state index >= 15 is 0 Å². The molecule has 0 aromatic heterocycles. The van der Waals surface area contributed by atoms with Gasteiger partial charge in [-0.2, -0.15) is 0 Å². The minimum Gasteiger partial charge on any atom is -0.378 e. The maximum atomic E-state index is 5.67. The molecule has 1 saturated heterocycles. The summed E-state index contributed by atoms with van der Waals surface area (Å²) in [6, 6.07) is 10.7. The van der Waals surface area contributed by atoms with Gasteiger partial charge in [0.25, 0.3) is 0 Å². The normalized spacial score (nSPS) is 23.5. The third kappa shape index (κ3) is 3.82. The van der Waals surface area contributed by atoms with E-state index in [1.54, 1.807) is 0 Å². The molecule has 0 radical (unpaired) electrons. The molecule has 0 N–H and O–H groups in total. The van der Waals surface area contributed by atoms with Crippen LogP contribution in [0.15, 0.2) is 30.3 Å². The number of halogens is 1. The summed E-state index contributed by atoms with van der Waals surface area (Å²) in [5.41, 5.74) is 1.38. The zero-order valence-corrected chi connectivity index (χ0v) is 12.0. The van der Waals surface area contributed by atoms with Gasteiger partial charge in [-0.3, -0.25) is 0 Å². The molecule has 1 nitrogen and oxygen atoms in total. The van der Waals surface area contributed by atoms with Gasteiger partial charge in [0.05, 0.1) is 6.10 Å². The molecule has 0 spiro atoms. The zero-order chi connectivity index (χ0) is 12.1. The molecule has 17 heavy (non-hydrogen) atoms. The van der Waals surface area contributed by atoms with E-state index in [1.807, 2.05) is 0 Å². The number of hydrogen-bond acceptors (Lipinski definition) is 1. The zero-order valence-electron chi connectivity index (χ0n) is 10.4. The van der Waals surface area contributed by atoms with Crippen molar-refractivity contribution in [2.24, 2.45) is 5.92 Å². The van der Waals surface area contributed by atoms with Crippen molar-refractivity contribution >= 4 is 15.9 Å². The maximum Gasteiger partial charge on any atom is 0.0576 e. The topological polar surface area (TPSA) is 9.23 Å². The Hall–Kier alpha value is -0.340. The van der Waals surface area contributed by atoms with E-state index in [1.165, 1.54) is 31.2 Å². The minimum atomic E-state index is 0.463. The lowest BCUT2D eigenvalue weighted by Crippen LogP contribution is -2.10. The Bertz CT molecular complexity index is 319. The summed E-state index contributed by atoms with van der Waals surface area (Å²) in [6.07, 6.45) is 5.46. The summed E-state index contributed by atoms with van der Waals surface area (Å²) in [5.74, 6) is 0.654. The van der Waals surface area contributed by atoms with Crippen LogP contribution in [0.5, 0.6) is 0 Å². The highest BCUT2D eigenvalue weighted by molar-refractivity contribution is 9.09. The van der Waals surface area contributed by atoms with Crippen molar-refractivity contribution in [3.63, 3.8) is 0 Å². The molecule has 1 aliphatic rings. The van der Waals surface area contributed by atoms with Crippen LogP contribution < -0.4 is 0 Å². The average molecular weight is 297 g/mol. The molecular formula is C15H21BrO. The van der Waals surface area contributed by atoms with E-state index in [-0.39, 0.29) is 0 Å². The highest BCUT2D eigenvalue weighted by Gasteiger charge is 2.20. The molecule has 3 atom stereocenters. The van der Waals surface area contributed by atoms with Gasteiger partial charge in [0.2, 0.25) is 0 Å². The predicted octanol–water partition coefficient (Wildman–Crippen LogP) is 4.72. The van der Waals surface area contributed by atoms with Gasteiger partial charge < -0.3 is 4.74 Å². The molecule has 0 saturated carbocycles. The fraction of sp³-hybridized carbons (Fsp3) is 0.600. The van der Waals surface area contributed by atoms with Crippen molar-refractivity contribution in [1.29, 1.82) is 0 Å². The summed E-state index contributed by atoms with van der Waals surface area (Å²) in [5, 5.41) is 0. The second-order valence-electron chi connectivity index (χ2n) is 5.00. The molecule has 2 rings (SSSR count). The predicted molar refractivity (Wildman–Crippen MR) is 75.5 cm³/mol. The lowest BCUT2D eigenvalue weighted by molar-refractivity contribution is 0.0987. The van der Waals surface area contributed by atoms with Gasteiger partial charge in [-0.25, -0.2) is 0 Å². The number of hydrogen-bond donors (Lipinski definition) is 0. The summed E-state index contributed by atoms with van der Waals surface area (Å²) < 4.78 is 5.67. The highest BCUT2D eigenvalue weighted by atomic mass is 79.9. The Kier molecular flexibility index (Phi) is 5.05. The first-order valence-electron chi connectivity index (χ1n) is 6.58. The van der Waals surface area contributed by atoms with Crippen molar-refractivity contribution in [3.8, 4) is 0 Å². The Labute approximate surface area is 113 Å². The third-order valence-electron chi connectivity index (χ3n) is 3.59. The average Bonchev–Trinajstić information content (AvgIpc) is 2.89. The van der Waals surface area contributed by atoms with Crippen LogP contribution in [0.4, 0.5) is 0 Å². The van der Waals surface area contributed by atoms with Crippen molar-refractivity contribution < 1.29 is 4.74 Å². The van der Waals surface area contributed by atoms with Crippen LogP contribution in [-0.4, -0.2) is 12.7 Å². The van der Waals surface area contributed by atoms with Crippen LogP contribution in [0.3, 0.4) is 0 Å². The Morgan fingerprint density at radius 1 is 1.35 bits per heavy atom. The second-order valence-corrected chi connectivity index (χ2v) is 5.99. The fourth-order valence-corrected chi connectivity index (χ4v) is 3.00. The summed E-state index contributed by atoms with van der Waals surface area (Å²) in [4.78, 5) is 0.463. The first-order valence-corrected chi connectivity index (χ1v) is 7.49. The van der Waals surface area contributed by atoms with Gasteiger partial charge in [0, 0.05) is 11.4 Å². The number of alkyl halides is 1. The standard InChI is InChI=1S/C15H21BrO/c1-12(9-10-14-8-5-11-17-14)15(16)13-6-3-2-4-7-13/h2-4,6-7,12,14-15H,5,8-11H2,1H3. The quantitative estimate of drug-likeness (QED) is 0.715. The Morgan fingerprint density at radius 3 is 2.76 bits per heavy atom. The smallest absolute Gasteiger partial charge is 0.0576 e. The lowest BCUT2D eigenvalue weighted by Gasteiger charge is -2.20. The van der Waals surface area contributed by atoms with E-state index in [9.17, 15) is 0 Å². The molecule has 1 heterocycles. The van der Waals surface area contributed by atoms with Gasteiger partial charge >= 0.3 is 0 Å². The minimum absolute atomic E-state index is 0.463. The maximum absolute atomic E-state index is 5.67. The molecule has 1 aromatic rings. The number of ether oxygens (including phenoxy) is 1. The molecular weight excluding hydrogens is 276 g/mol. The number of rotatable bonds is 5. The van der Waals surface area contributed by atoms with Crippen LogP contribution in [-0.2, 0) is 4.74 Å². The summed E-state index contributed by atoms with van der Waals surface area (Å²) >= 11 is 3.82. The van der Waals surface area contributed by atoms with Crippen molar-refractivity contribution in [1.82, 2.24) is 0 Å². The third-order valence-corrected chi connectivity index (χ3v) is 5.02. The van der Waals surface area contributed by atoms with E-state index in [4.69, 9.17) is 4.74 Å². The monoisotopic (exact) mass is 296 g/mol. The first-order chi connectivity index (χ1) is 8.27. The summed E-state index contributed by atoms with van der Waals surface area (Å²) in [7, 11) is 0. The van der Waals surface area contributed by atoms with E-state index in [2.05, 4.69) is 53.2 Å².